The highest BCUT2D eigenvalue weighted by molar-refractivity contribution is 7.88. The van der Waals surface area contributed by atoms with Crippen molar-refractivity contribution in [1.82, 2.24) is 9.71 Å². The Hall–Kier alpha value is -3.01. The molecule has 0 saturated carbocycles. The number of hydrogen-bond acceptors (Lipinski definition) is 6. The molecule has 2 N–H and O–H groups in total. The summed E-state index contributed by atoms with van der Waals surface area (Å²) in [5, 5.41) is 5.48. The molecule has 1 aromatic heterocycles. The highest BCUT2D eigenvalue weighted by atomic mass is 32.2. The van der Waals surface area contributed by atoms with Crippen LogP contribution in [0.2, 0.25) is 0 Å². The maximum atomic E-state index is 12.4. The van der Waals surface area contributed by atoms with E-state index in [-0.39, 0.29) is 24.6 Å². The van der Waals surface area contributed by atoms with E-state index in [0.29, 0.717) is 23.6 Å². The molecular formula is C23H25N3O4S2. The van der Waals surface area contributed by atoms with E-state index in [1.54, 1.807) is 24.3 Å². The number of benzene rings is 2. The van der Waals surface area contributed by atoms with Crippen LogP contribution in [0.1, 0.15) is 18.2 Å². The summed E-state index contributed by atoms with van der Waals surface area (Å²) >= 11 is 1.46. The third-order valence-corrected chi connectivity index (χ3v) is 6.60. The van der Waals surface area contributed by atoms with E-state index in [0.717, 1.165) is 16.3 Å². The fourth-order valence-electron chi connectivity index (χ4n) is 2.95. The molecule has 168 valence electrons. The van der Waals surface area contributed by atoms with Gasteiger partial charge in [-0.05, 0) is 36.8 Å². The Balaban J connectivity index is 1.59. The minimum Gasteiger partial charge on any atom is -0.493 e. The zero-order chi connectivity index (χ0) is 23.0. The van der Waals surface area contributed by atoms with Crippen LogP contribution in [0.3, 0.4) is 0 Å². The molecule has 0 saturated heterocycles. The number of para-hydroxylation sites is 1. The zero-order valence-corrected chi connectivity index (χ0v) is 19.3. The number of thiazole rings is 1. The molecular weight excluding hydrogens is 446 g/mol. The number of carbonyl (C=O) groups excluding carboxylic acids is 1. The lowest BCUT2D eigenvalue weighted by atomic mass is 10.2. The minimum atomic E-state index is -3.43. The second kappa shape index (κ2) is 11.0. The Kier molecular flexibility index (Phi) is 8.15. The van der Waals surface area contributed by atoms with Crippen LogP contribution in [0.15, 0.2) is 66.6 Å². The second-order valence-corrected chi connectivity index (χ2v) is 9.56. The van der Waals surface area contributed by atoms with Gasteiger partial charge in [0.1, 0.15) is 10.8 Å². The number of rotatable bonds is 11. The number of nitrogens with one attached hydrogen (secondary N) is 2. The third-order valence-electron chi connectivity index (χ3n) is 4.35. The van der Waals surface area contributed by atoms with Crippen molar-refractivity contribution in [2.75, 3.05) is 18.5 Å². The lowest BCUT2D eigenvalue weighted by Gasteiger charge is -2.08. The van der Waals surface area contributed by atoms with Crippen molar-refractivity contribution in [3.8, 4) is 16.3 Å². The zero-order valence-electron chi connectivity index (χ0n) is 17.7. The van der Waals surface area contributed by atoms with Gasteiger partial charge in [-0.2, -0.15) is 0 Å². The number of aromatic nitrogens is 1. The largest absolute Gasteiger partial charge is 0.493 e. The monoisotopic (exact) mass is 471 g/mol. The first kappa shape index (κ1) is 23.6. The minimum absolute atomic E-state index is 0.134. The fraction of sp³-hybridized carbons (Fsp3) is 0.217. The number of amides is 1. The molecule has 1 heterocycles. The average molecular weight is 472 g/mol. The first-order chi connectivity index (χ1) is 15.4. The van der Waals surface area contributed by atoms with Crippen LogP contribution >= 0.6 is 11.3 Å². The number of ether oxygens (including phenoxy) is 1. The first-order valence-electron chi connectivity index (χ1n) is 10.0. The van der Waals surface area contributed by atoms with Crippen molar-refractivity contribution in [2.45, 2.75) is 19.1 Å². The van der Waals surface area contributed by atoms with Gasteiger partial charge in [-0.15, -0.1) is 17.9 Å². The predicted molar refractivity (Wildman–Crippen MR) is 128 cm³/mol. The van der Waals surface area contributed by atoms with E-state index in [9.17, 15) is 13.2 Å². The fourth-order valence-corrected chi connectivity index (χ4v) is 4.90. The number of anilines is 1. The molecule has 9 heteroatoms. The summed E-state index contributed by atoms with van der Waals surface area (Å²) in [6.07, 6.45) is 1.62. The van der Waals surface area contributed by atoms with Crippen LogP contribution in [-0.4, -0.2) is 32.5 Å². The SMILES string of the molecule is C=CCNS(=O)(=O)Cc1ccc(NC(=O)Cc2csc(-c3ccccc3OCC)n2)cc1. The summed E-state index contributed by atoms with van der Waals surface area (Å²) in [6.45, 7) is 6.17. The average Bonchev–Trinajstić information content (AvgIpc) is 3.22. The topological polar surface area (TPSA) is 97.4 Å². The Morgan fingerprint density at radius 3 is 2.66 bits per heavy atom. The van der Waals surface area contributed by atoms with Gasteiger partial charge in [0.05, 0.1) is 30.0 Å². The summed E-state index contributed by atoms with van der Waals surface area (Å²) in [5.41, 5.74) is 2.79. The lowest BCUT2D eigenvalue weighted by molar-refractivity contribution is -0.115. The summed E-state index contributed by atoms with van der Waals surface area (Å²) in [7, 11) is -3.43. The standard InChI is InChI=1S/C23H25N3O4S2/c1-3-13-24-32(28,29)16-17-9-11-18(12-10-17)25-22(27)14-19-15-31-23(26-19)20-7-5-6-8-21(20)30-4-2/h3,5-12,15,24H,1,4,13-14,16H2,2H3,(H,25,27). The molecule has 7 nitrogen and oxygen atoms in total. The van der Waals surface area contributed by atoms with Crippen molar-refractivity contribution < 1.29 is 17.9 Å². The summed E-state index contributed by atoms with van der Waals surface area (Å²) in [4.78, 5) is 17.0. The maximum Gasteiger partial charge on any atom is 0.230 e. The van der Waals surface area contributed by atoms with E-state index in [1.807, 2.05) is 36.6 Å². The van der Waals surface area contributed by atoms with Gasteiger partial charge in [0.25, 0.3) is 0 Å². The van der Waals surface area contributed by atoms with Crippen LogP contribution < -0.4 is 14.8 Å². The van der Waals surface area contributed by atoms with Gasteiger partial charge in [0.2, 0.25) is 15.9 Å². The third kappa shape index (κ3) is 6.74. The Labute approximate surface area is 192 Å². The Morgan fingerprint density at radius 2 is 1.94 bits per heavy atom. The van der Waals surface area contributed by atoms with E-state index in [4.69, 9.17) is 4.74 Å². The van der Waals surface area contributed by atoms with Gasteiger partial charge in [0, 0.05) is 17.6 Å². The van der Waals surface area contributed by atoms with Gasteiger partial charge in [-0.25, -0.2) is 18.1 Å². The molecule has 2 aromatic carbocycles. The second-order valence-electron chi connectivity index (χ2n) is 6.89. The lowest BCUT2D eigenvalue weighted by Crippen LogP contribution is -2.25. The van der Waals surface area contributed by atoms with Crippen LogP contribution in [-0.2, 0) is 27.0 Å². The molecule has 0 aliphatic carbocycles. The molecule has 0 atom stereocenters. The molecule has 1 amide bonds. The number of nitrogens with zero attached hydrogens (tertiary/aromatic N) is 1. The van der Waals surface area contributed by atoms with Crippen molar-refractivity contribution in [2.24, 2.45) is 0 Å². The highest BCUT2D eigenvalue weighted by Crippen LogP contribution is 2.32. The van der Waals surface area contributed by atoms with Crippen molar-refractivity contribution in [3.05, 3.63) is 77.8 Å². The molecule has 3 aromatic rings. The van der Waals surface area contributed by atoms with Crippen LogP contribution in [0, 0.1) is 0 Å². The number of hydrogen-bond donors (Lipinski definition) is 2. The van der Waals surface area contributed by atoms with Crippen molar-refractivity contribution >= 4 is 33.0 Å². The number of sulfonamides is 1. The van der Waals surface area contributed by atoms with Crippen LogP contribution in [0.4, 0.5) is 5.69 Å². The van der Waals surface area contributed by atoms with E-state index in [1.165, 1.54) is 17.4 Å². The molecule has 0 aliphatic rings. The van der Waals surface area contributed by atoms with Crippen LogP contribution in [0.5, 0.6) is 5.75 Å². The van der Waals surface area contributed by atoms with E-state index < -0.39 is 10.0 Å². The van der Waals surface area contributed by atoms with Crippen molar-refractivity contribution in [1.29, 1.82) is 0 Å². The summed E-state index contributed by atoms with van der Waals surface area (Å²) in [6, 6.07) is 14.4. The smallest absolute Gasteiger partial charge is 0.230 e. The van der Waals surface area contributed by atoms with Gasteiger partial charge >= 0.3 is 0 Å². The van der Waals surface area contributed by atoms with E-state index >= 15 is 0 Å². The highest BCUT2D eigenvalue weighted by Gasteiger charge is 2.13. The molecule has 0 radical (unpaired) electrons. The normalized spacial score (nSPS) is 11.2. The maximum absolute atomic E-state index is 12.4. The molecule has 0 aliphatic heterocycles. The van der Waals surface area contributed by atoms with Gasteiger partial charge in [-0.1, -0.05) is 30.3 Å². The number of carbonyl (C=O) groups is 1. The molecule has 0 fully saturated rings. The molecule has 32 heavy (non-hydrogen) atoms. The molecule has 0 unspecified atom stereocenters. The van der Waals surface area contributed by atoms with Gasteiger partial charge < -0.3 is 10.1 Å². The quantitative estimate of drug-likeness (QED) is 0.412. The van der Waals surface area contributed by atoms with Gasteiger partial charge in [-0.3, -0.25) is 4.79 Å². The molecule has 0 spiro atoms. The van der Waals surface area contributed by atoms with E-state index in [2.05, 4.69) is 21.6 Å². The van der Waals surface area contributed by atoms with Crippen LogP contribution in [0.25, 0.3) is 10.6 Å². The first-order valence-corrected chi connectivity index (χ1v) is 12.6. The molecule has 0 bridgehead atoms. The van der Waals surface area contributed by atoms with Crippen molar-refractivity contribution in [3.63, 3.8) is 0 Å². The predicted octanol–water partition coefficient (Wildman–Crippen LogP) is 4.00. The van der Waals surface area contributed by atoms with Gasteiger partial charge in [0.15, 0.2) is 0 Å². The summed E-state index contributed by atoms with van der Waals surface area (Å²) < 4.78 is 32.0. The Bertz CT molecular complexity index is 1170. The summed E-state index contributed by atoms with van der Waals surface area (Å²) in [5.74, 6) is 0.426. The molecule has 3 rings (SSSR count). The Morgan fingerprint density at radius 1 is 1.19 bits per heavy atom.